The number of rotatable bonds is 5. The van der Waals surface area contributed by atoms with E-state index in [0.717, 1.165) is 39.5 Å². The molecule has 0 saturated heterocycles. The minimum atomic E-state index is 0.696. The van der Waals surface area contributed by atoms with E-state index in [1.165, 1.54) is 54.4 Å². The van der Waals surface area contributed by atoms with Crippen LogP contribution in [0, 0.1) is 0 Å². The molecule has 0 bridgehead atoms. The van der Waals surface area contributed by atoms with E-state index in [1.807, 2.05) is 12.1 Å². The van der Waals surface area contributed by atoms with Crippen LogP contribution in [0.5, 0.6) is 0 Å². The van der Waals surface area contributed by atoms with Crippen LogP contribution in [-0.4, -0.2) is 19.1 Å². The van der Waals surface area contributed by atoms with E-state index >= 15 is 0 Å². The van der Waals surface area contributed by atoms with Gasteiger partial charge in [0.1, 0.15) is 0 Å². The van der Waals surface area contributed by atoms with Crippen LogP contribution < -0.4 is 0 Å². The average molecular weight is 689 g/mol. The number of nitrogens with zero attached hydrogens (tertiary/aromatic N) is 4. The second-order valence-electron chi connectivity index (χ2n) is 13.8. The molecule has 4 heteroatoms. The Labute approximate surface area is 311 Å². The lowest BCUT2D eigenvalue weighted by Crippen LogP contribution is -1.99. The van der Waals surface area contributed by atoms with Gasteiger partial charge >= 0.3 is 0 Å². The smallest absolute Gasteiger partial charge is 0.160 e. The van der Waals surface area contributed by atoms with Gasteiger partial charge in [0.05, 0.1) is 33.5 Å². The highest BCUT2D eigenvalue weighted by atomic mass is 15.0. The molecule has 0 radical (unpaired) electrons. The van der Waals surface area contributed by atoms with Crippen molar-refractivity contribution in [1.29, 1.82) is 0 Å². The summed E-state index contributed by atoms with van der Waals surface area (Å²) < 4.78 is 4.89. The number of fused-ring (bicyclic) bond motifs is 9. The van der Waals surface area contributed by atoms with Gasteiger partial charge in [0.15, 0.2) is 5.82 Å². The first kappa shape index (κ1) is 30.3. The third kappa shape index (κ3) is 4.70. The highest BCUT2D eigenvalue weighted by Gasteiger charge is 2.22. The van der Waals surface area contributed by atoms with Gasteiger partial charge in [-0.25, -0.2) is 9.97 Å². The quantitative estimate of drug-likeness (QED) is 0.180. The molecule has 0 aliphatic carbocycles. The number of para-hydroxylation sites is 2. The molecule has 4 nitrogen and oxygen atoms in total. The molecule has 0 unspecified atom stereocenters. The van der Waals surface area contributed by atoms with Gasteiger partial charge in [-0.05, 0) is 65.4 Å². The van der Waals surface area contributed by atoms with Crippen molar-refractivity contribution in [3.8, 4) is 45.3 Å². The number of benzene rings is 8. The Bertz CT molecular complexity index is 3120. The molecule has 0 atom stereocenters. The van der Waals surface area contributed by atoms with Gasteiger partial charge in [-0.3, -0.25) is 0 Å². The fourth-order valence-electron chi connectivity index (χ4n) is 8.28. The second-order valence-corrected chi connectivity index (χ2v) is 13.8. The van der Waals surface area contributed by atoms with Crippen molar-refractivity contribution < 1.29 is 0 Å². The summed E-state index contributed by atoms with van der Waals surface area (Å²) in [5.74, 6) is 0.696. The molecule has 0 aliphatic heterocycles. The van der Waals surface area contributed by atoms with Crippen LogP contribution in [0.4, 0.5) is 0 Å². The molecule has 3 heterocycles. The molecular formula is C50H32N4. The summed E-state index contributed by atoms with van der Waals surface area (Å²) in [7, 11) is 0. The summed E-state index contributed by atoms with van der Waals surface area (Å²) in [5, 5.41) is 7.42. The highest BCUT2D eigenvalue weighted by molar-refractivity contribution is 6.28. The molecule has 8 aromatic carbocycles. The van der Waals surface area contributed by atoms with Crippen molar-refractivity contribution >= 4 is 54.4 Å². The molecule has 11 rings (SSSR count). The fraction of sp³-hybridized carbons (Fsp3) is 0. The van der Waals surface area contributed by atoms with Gasteiger partial charge in [-0.15, -0.1) is 0 Å². The van der Waals surface area contributed by atoms with Gasteiger partial charge < -0.3 is 9.13 Å². The maximum Gasteiger partial charge on any atom is 0.160 e. The normalized spacial score (nSPS) is 11.7. The Morgan fingerprint density at radius 3 is 1.57 bits per heavy atom. The maximum absolute atomic E-state index is 5.11. The lowest BCUT2D eigenvalue weighted by molar-refractivity contribution is 1.14. The molecule has 11 aromatic rings. The predicted octanol–water partition coefficient (Wildman–Crippen LogP) is 12.8. The zero-order valence-corrected chi connectivity index (χ0v) is 29.3. The molecule has 0 saturated carbocycles. The van der Waals surface area contributed by atoms with Gasteiger partial charge in [0, 0.05) is 49.6 Å². The van der Waals surface area contributed by atoms with Crippen LogP contribution >= 0.6 is 0 Å². The van der Waals surface area contributed by atoms with Crippen molar-refractivity contribution in [2.24, 2.45) is 0 Å². The summed E-state index contributed by atoms with van der Waals surface area (Å²) in [4.78, 5) is 10.2. The van der Waals surface area contributed by atoms with Crippen molar-refractivity contribution in [1.82, 2.24) is 19.1 Å². The fourth-order valence-corrected chi connectivity index (χ4v) is 8.28. The summed E-state index contributed by atoms with van der Waals surface area (Å²) >= 11 is 0. The SMILES string of the molecule is c1ccc(-c2cc(-c3ccccc3)nc(-c3ccc(-n4c5ccc6ccccc6c5c5ccc6c7ccccc7n(-c7ccccc7)c6c54)cc3)n2)cc1. The van der Waals surface area contributed by atoms with E-state index in [4.69, 9.17) is 9.97 Å². The Morgan fingerprint density at radius 1 is 0.333 bits per heavy atom. The van der Waals surface area contributed by atoms with Crippen LogP contribution in [0.3, 0.4) is 0 Å². The highest BCUT2D eigenvalue weighted by Crippen LogP contribution is 2.43. The molecule has 0 N–H and O–H groups in total. The van der Waals surface area contributed by atoms with Crippen molar-refractivity contribution in [3.05, 3.63) is 194 Å². The topological polar surface area (TPSA) is 35.6 Å². The van der Waals surface area contributed by atoms with Crippen LogP contribution in [-0.2, 0) is 0 Å². The van der Waals surface area contributed by atoms with Gasteiger partial charge in [-0.1, -0.05) is 140 Å². The molecule has 0 amide bonds. The monoisotopic (exact) mass is 688 g/mol. The molecule has 3 aromatic heterocycles. The number of hydrogen-bond acceptors (Lipinski definition) is 2. The summed E-state index contributed by atoms with van der Waals surface area (Å²) in [6, 6.07) is 68.9. The van der Waals surface area contributed by atoms with E-state index in [9.17, 15) is 0 Å². The van der Waals surface area contributed by atoms with Crippen LogP contribution in [0.2, 0.25) is 0 Å². The minimum Gasteiger partial charge on any atom is -0.307 e. The summed E-state index contributed by atoms with van der Waals surface area (Å²) in [6.07, 6.45) is 0. The largest absolute Gasteiger partial charge is 0.307 e. The second kappa shape index (κ2) is 12.1. The van der Waals surface area contributed by atoms with Gasteiger partial charge in [0.25, 0.3) is 0 Å². The average Bonchev–Trinajstić information content (AvgIpc) is 3.78. The molecule has 252 valence electrons. The first-order chi connectivity index (χ1) is 26.8. The van der Waals surface area contributed by atoms with Crippen LogP contribution in [0.25, 0.3) is 99.7 Å². The van der Waals surface area contributed by atoms with Gasteiger partial charge in [-0.2, -0.15) is 0 Å². The van der Waals surface area contributed by atoms with E-state index in [2.05, 4.69) is 191 Å². The summed E-state index contributed by atoms with van der Waals surface area (Å²) in [6.45, 7) is 0. The predicted molar refractivity (Wildman–Crippen MR) is 225 cm³/mol. The Balaban J connectivity index is 1.19. The summed E-state index contributed by atoms with van der Waals surface area (Å²) in [5.41, 5.74) is 11.8. The Kier molecular flexibility index (Phi) is 6.82. The lowest BCUT2D eigenvalue weighted by atomic mass is 10.0. The zero-order valence-electron chi connectivity index (χ0n) is 29.3. The van der Waals surface area contributed by atoms with E-state index in [-0.39, 0.29) is 0 Å². The number of aromatic nitrogens is 4. The van der Waals surface area contributed by atoms with Gasteiger partial charge in [0.2, 0.25) is 0 Å². The van der Waals surface area contributed by atoms with Crippen molar-refractivity contribution in [2.75, 3.05) is 0 Å². The van der Waals surface area contributed by atoms with Crippen LogP contribution in [0.1, 0.15) is 0 Å². The molecule has 54 heavy (non-hydrogen) atoms. The molecule has 0 fully saturated rings. The molecule has 0 spiro atoms. The third-order valence-electron chi connectivity index (χ3n) is 10.7. The lowest BCUT2D eigenvalue weighted by Gasteiger charge is -2.13. The number of hydrogen-bond donors (Lipinski definition) is 0. The van der Waals surface area contributed by atoms with Crippen molar-refractivity contribution in [2.45, 2.75) is 0 Å². The van der Waals surface area contributed by atoms with E-state index in [0.29, 0.717) is 5.82 Å². The van der Waals surface area contributed by atoms with E-state index in [1.54, 1.807) is 0 Å². The first-order valence-electron chi connectivity index (χ1n) is 18.3. The van der Waals surface area contributed by atoms with Crippen LogP contribution in [0.15, 0.2) is 194 Å². The molecular weight excluding hydrogens is 657 g/mol. The maximum atomic E-state index is 5.11. The minimum absolute atomic E-state index is 0.696. The third-order valence-corrected chi connectivity index (χ3v) is 10.7. The molecule has 0 aliphatic rings. The standard InChI is InChI=1S/C50H32N4/c1-4-15-34(16-5-1)43-32-44(35-17-6-2-7-18-35)52-50(51-43)36-24-27-38(28-25-36)54-46-31-26-33-14-10-11-21-39(33)47(46)42-30-29-41-40-22-12-13-23-45(40)53(48(41)49(42)54)37-19-8-3-9-20-37/h1-32H. The van der Waals surface area contributed by atoms with Crippen molar-refractivity contribution in [3.63, 3.8) is 0 Å². The first-order valence-corrected chi connectivity index (χ1v) is 18.3. The Morgan fingerprint density at radius 2 is 0.870 bits per heavy atom. The zero-order chi connectivity index (χ0) is 35.6. The Hall–Kier alpha value is -7.30. The van der Waals surface area contributed by atoms with E-state index < -0.39 is 0 Å².